The fourth-order valence-electron chi connectivity index (χ4n) is 7.35. The minimum atomic E-state index is -0.153. The van der Waals surface area contributed by atoms with Crippen molar-refractivity contribution < 1.29 is 10.2 Å². The van der Waals surface area contributed by atoms with E-state index in [0.29, 0.717) is 17.4 Å². The molecule has 0 aromatic heterocycles. The van der Waals surface area contributed by atoms with Crippen molar-refractivity contribution in [1.82, 2.24) is 0 Å². The first kappa shape index (κ1) is 28.1. The number of rotatable bonds is 5. The number of aryl methyl sites for hydroxylation is 2. The van der Waals surface area contributed by atoms with Crippen molar-refractivity contribution in [2.45, 2.75) is 130 Å². The van der Waals surface area contributed by atoms with E-state index in [4.69, 9.17) is 0 Å². The lowest BCUT2D eigenvalue weighted by Crippen LogP contribution is -2.31. The third kappa shape index (κ3) is 5.74. The minimum Gasteiger partial charge on any atom is -0.507 e. The Hall–Kier alpha value is -1.96. The van der Waals surface area contributed by atoms with Gasteiger partial charge in [-0.15, -0.1) is 0 Å². The zero-order valence-corrected chi connectivity index (χ0v) is 24.9. The number of fused-ring (bicyclic) bond motifs is 1. The predicted octanol–water partition coefficient (Wildman–Crippen LogP) is 9.56. The number of aromatic hydroxyl groups is 2. The maximum atomic E-state index is 11.9. The van der Waals surface area contributed by atoms with Gasteiger partial charge < -0.3 is 10.2 Å². The molecular weight excluding hydrogens is 452 g/mol. The lowest BCUT2D eigenvalue weighted by Gasteiger charge is -2.43. The van der Waals surface area contributed by atoms with Gasteiger partial charge in [0.1, 0.15) is 11.5 Å². The van der Waals surface area contributed by atoms with E-state index in [0.717, 1.165) is 46.9 Å². The molecule has 0 bridgehead atoms. The quantitative estimate of drug-likeness (QED) is 0.425. The number of phenolic OH excluding ortho intramolecular Hbond substituents is 2. The van der Waals surface area contributed by atoms with E-state index in [2.05, 4.69) is 79.7 Å². The number of hydrogen-bond acceptors (Lipinski definition) is 2. The van der Waals surface area contributed by atoms with E-state index in [-0.39, 0.29) is 16.7 Å². The van der Waals surface area contributed by atoms with Gasteiger partial charge in [-0.2, -0.15) is 0 Å². The van der Waals surface area contributed by atoms with Crippen LogP contribution in [0, 0.1) is 17.8 Å². The molecule has 2 fully saturated rings. The van der Waals surface area contributed by atoms with Crippen molar-refractivity contribution in [3.8, 4) is 11.5 Å². The third-order valence-electron chi connectivity index (χ3n) is 9.55. The van der Waals surface area contributed by atoms with Crippen LogP contribution >= 0.6 is 0 Å². The Morgan fingerprint density at radius 2 is 1.14 bits per heavy atom. The van der Waals surface area contributed by atoms with Crippen LogP contribution in [-0.2, 0) is 23.7 Å². The molecule has 2 aliphatic rings. The Balaban J connectivity index is 1.96. The average Bonchev–Trinajstić information content (AvgIpc) is 2.84. The van der Waals surface area contributed by atoms with E-state index in [1.54, 1.807) is 0 Å². The predicted molar refractivity (Wildman–Crippen MR) is 157 cm³/mol. The molecule has 0 saturated heterocycles. The van der Waals surface area contributed by atoms with Gasteiger partial charge in [-0.3, -0.25) is 0 Å². The van der Waals surface area contributed by atoms with Gasteiger partial charge >= 0.3 is 0 Å². The van der Waals surface area contributed by atoms with Crippen LogP contribution in [0.3, 0.4) is 0 Å². The first-order valence-corrected chi connectivity index (χ1v) is 15.1. The summed E-state index contributed by atoms with van der Waals surface area (Å²) in [6, 6.07) is 8.93. The van der Waals surface area contributed by atoms with Crippen LogP contribution in [0.5, 0.6) is 11.5 Å². The van der Waals surface area contributed by atoms with Crippen LogP contribution in [0.2, 0.25) is 0 Å². The molecule has 204 valence electrons. The lowest BCUT2D eigenvalue weighted by atomic mass is 9.62. The molecule has 2 aromatic carbocycles. The molecule has 2 aromatic rings. The van der Waals surface area contributed by atoms with Gasteiger partial charge in [0.25, 0.3) is 0 Å². The van der Waals surface area contributed by atoms with E-state index in [1.165, 1.54) is 56.1 Å². The minimum absolute atomic E-state index is 0.00285. The van der Waals surface area contributed by atoms with Crippen molar-refractivity contribution >= 4 is 0 Å². The van der Waals surface area contributed by atoms with Crippen LogP contribution in [0.1, 0.15) is 140 Å². The van der Waals surface area contributed by atoms with E-state index >= 15 is 0 Å². The maximum absolute atomic E-state index is 11.9. The van der Waals surface area contributed by atoms with Crippen molar-refractivity contribution in [2.75, 3.05) is 0 Å². The largest absolute Gasteiger partial charge is 0.507 e. The normalized spacial score (nSPS) is 22.8. The summed E-state index contributed by atoms with van der Waals surface area (Å²) in [5.41, 5.74) is 6.37. The van der Waals surface area contributed by atoms with Crippen molar-refractivity contribution in [3.05, 3.63) is 57.6 Å². The van der Waals surface area contributed by atoms with Gasteiger partial charge in [-0.1, -0.05) is 105 Å². The molecule has 0 spiro atoms. The summed E-state index contributed by atoms with van der Waals surface area (Å²) in [5.74, 6) is 2.97. The van der Waals surface area contributed by atoms with Crippen LogP contribution in [0.15, 0.2) is 24.3 Å². The van der Waals surface area contributed by atoms with Gasteiger partial charge in [0.05, 0.1) is 0 Å². The zero-order valence-electron chi connectivity index (χ0n) is 24.9. The number of hydrogen-bond donors (Lipinski definition) is 2. The molecular formula is C35H52O2. The number of benzene rings is 2. The van der Waals surface area contributed by atoms with Crippen molar-refractivity contribution in [3.63, 3.8) is 0 Å². The molecule has 2 N–H and O–H groups in total. The summed E-state index contributed by atoms with van der Waals surface area (Å²) in [7, 11) is 0. The third-order valence-corrected chi connectivity index (χ3v) is 9.55. The maximum Gasteiger partial charge on any atom is 0.123 e. The van der Waals surface area contributed by atoms with Gasteiger partial charge in [-0.25, -0.2) is 0 Å². The molecule has 0 heterocycles. The van der Waals surface area contributed by atoms with Crippen LogP contribution in [0.25, 0.3) is 0 Å². The summed E-state index contributed by atoms with van der Waals surface area (Å²) >= 11 is 0. The summed E-state index contributed by atoms with van der Waals surface area (Å²) in [4.78, 5) is 0. The van der Waals surface area contributed by atoms with Gasteiger partial charge in [0.2, 0.25) is 0 Å². The van der Waals surface area contributed by atoms with Gasteiger partial charge in [0, 0.05) is 17.0 Å². The van der Waals surface area contributed by atoms with Gasteiger partial charge in [0.15, 0.2) is 0 Å². The van der Waals surface area contributed by atoms with Crippen LogP contribution in [0.4, 0.5) is 0 Å². The first-order valence-electron chi connectivity index (χ1n) is 15.1. The monoisotopic (exact) mass is 504 g/mol. The second kappa shape index (κ2) is 10.7. The van der Waals surface area contributed by atoms with Crippen LogP contribution < -0.4 is 0 Å². The summed E-state index contributed by atoms with van der Waals surface area (Å²) in [6.07, 6.45) is 11.0. The molecule has 0 radical (unpaired) electrons. The smallest absolute Gasteiger partial charge is 0.123 e. The van der Waals surface area contributed by atoms with Gasteiger partial charge in [-0.05, 0) is 82.9 Å². The standard InChI is InChI=1S/C35H52O2/c1-9-22-17-27(32(36)29(19-22)34(3,4)5)31(26-16-15-24-13-11-12-14-25(24)21-26)28-18-23(10-2)20-30(33(28)37)35(6,7)8/h17-20,24-26,31,36-37H,9-16,21H2,1-8H3. The molecule has 4 rings (SSSR count). The number of phenols is 2. The van der Waals surface area contributed by atoms with Crippen LogP contribution in [-0.4, -0.2) is 10.2 Å². The highest BCUT2D eigenvalue weighted by Gasteiger charge is 2.40. The second-order valence-corrected chi connectivity index (χ2v) is 14.2. The topological polar surface area (TPSA) is 40.5 Å². The highest BCUT2D eigenvalue weighted by Crippen LogP contribution is 2.53. The second-order valence-electron chi connectivity index (χ2n) is 14.2. The Kier molecular flexibility index (Phi) is 8.08. The molecule has 2 saturated carbocycles. The molecule has 2 heteroatoms. The van der Waals surface area contributed by atoms with E-state index in [1.807, 2.05) is 0 Å². The highest BCUT2D eigenvalue weighted by atomic mass is 16.3. The SMILES string of the molecule is CCc1cc(C(c2cc(CC)cc(C(C)(C)C)c2O)C2CCC3CCCCC3C2)c(O)c(C(C)(C)C)c1. The lowest BCUT2D eigenvalue weighted by molar-refractivity contribution is 0.121. The summed E-state index contributed by atoms with van der Waals surface area (Å²) in [5, 5.41) is 23.8. The zero-order chi connectivity index (χ0) is 27.1. The van der Waals surface area contributed by atoms with Crippen molar-refractivity contribution in [1.29, 1.82) is 0 Å². The Morgan fingerprint density at radius 1 is 0.676 bits per heavy atom. The van der Waals surface area contributed by atoms with Crippen molar-refractivity contribution in [2.24, 2.45) is 17.8 Å². The Labute approximate surface area is 226 Å². The summed E-state index contributed by atoms with van der Waals surface area (Å²) in [6.45, 7) is 17.6. The molecule has 3 atom stereocenters. The van der Waals surface area contributed by atoms with E-state index < -0.39 is 0 Å². The molecule has 0 aliphatic heterocycles. The average molecular weight is 505 g/mol. The molecule has 2 aliphatic carbocycles. The first-order chi connectivity index (χ1) is 17.3. The molecule has 2 nitrogen and oxygen atoms in total. The fourth-order valence-corrected chi connectivity index (χ4v) is 7.35. The molecule has 0 amide bonds. The fraction of sp³-hybridized carbons (Fsp3) is 0.657. The molecule has 37 heavy (non-hydrogen) atoms. The molecule has 3 unspecified atom stereocenters. The highest BCUT2D eigenvalue weighted by molar-refractivity contribution is 5.56. The Morgan fingerprint density at radius 3 is 1.57 bits per heavy atom. The van der Waals surface area contributed by atoms with E-state index in [9.17, 15) is 10.2 Å². The summed E-state index contributed by atoms with van der Waals surface area (Å²) < 4.78 is 0. The Bertz CT molecular complexity index is 1030.